The van der Waals surface area contributed by atoms with Crippen LogP contribution in [0.3, 0.4) is 0 Å². The Hall–Kier alpha value is -0.930. The van der Waals surface area contributed by atoms with Crippen LogP contribution in [-0.4, -0.2) is 18.2 Å². The molecule has 1 saturated heterocycles. The fraction of sp³-hybridized carbons (Fsp3) is 0.583. The maximum Gasteiger partial charge on any atom is 0.0606 e. The van der Waals surface area contributed by atoms with Gasteiger partial charge in [0.2, 0.25) is 0 Å². The Kier molecular flexibility index (Phi) is 3.34. The van der Waals surface area contributed by atoms with Gasteiger partial charge < -0.3 is 10.5 Å². The van der Waals surface area contributed by atoms with Crippen molar-refractivity contribution in [2.45, 2.75) is 25.8 Å². The molecule has 0 radical (unpaired) electrons. The van der Waals surface area contributed by atoms with Gasteiger partial charge in [-0.1, -0.05) is 13.0 Å². The first-order chi connectivity index (χ1) is 7.33. The molecular weight excluding hydrogens is 188 g/mol. The van der Waals surface area contributed by atoms with Gasteiger partial charge in [-0.05, 0) is 24.5 Å². The van der Waals surface area contributed by atoms with Crippen molar-refractivity contribution < 1.29 is 4.74 Å². The van der Waals surface area contributed by atoms with E-state index in [1.54, 1.807) is 0 Å². The number of hydrogen-bond donors (Lipinski definition) is 1. The standard InChI is InChI=1S/C12H18N2O/c1-2-9-4-3-6-14-12(9)11(13)10-5-7-15-8-10/h3-4,6,10-11H,2,5,7-8,13H2,1H3. The summed E-state index contributed by atoms with van der Waals surface area (Å²) in [7, 11) is 0. The van der Waals surface area contributed by atoms with Crippen LogP contribution in [-0.2, 0) is 11.2 Å². The highest BCUT2D eigenvalue weighted by molar-refractivity contribution is 5.23. The highest BCUT2D eigenvalue weighted by Crippen LogP contribution is 2.27. The van der Waals surface area contributed by atoms with Crippen LogP contribution in [0.25, 0.3) is 0 Å². The van der Waals surface area contributed by atoms with Crippen LogP contribution in [0, 0.1) is 5.92 Å². The summed E-state index contributed by atoms with van der Waals surface area (Å²) < 4.78 is 5.37. The lowest BCUT2D eigenvalue weighted by molar-refractivity contribution is 0.180. The van der Waals surface area contributed by atoms with E-state index in [1.807, 2.05) is 12.3 Å². The molecule has 0 aliphatic carbocycles. The van der Waals surface area contributed by atoms with Gasteiger partial charge in [-0.15, -0.1) is 0 Å². The average molecular weight is 206 g/mol. The fourth-order valence-corrected chi connectivity index (χ4v) is 2.11. The van der Waals surface area contributed by atoms with E-state index in [0.29, 0.717) is 5.92 Å². The zero-order chi connectivity index (χ0) is 10.7. The molecule has 15 heavy (non-hydrogen) atoms. The minimum atomic E-state index is 0.0312. The number of pyridine rings is 1. The third-order valence-corrected chi connectivity index (χ3v) is 3.10. The van der Waals surface area contributed by atoms with Gasteiger partial charge in [0.25, 0.3) is 0 Å². The molecule has 2 unspecified atom stereocenters. The molecule has 1 aliphatic rings. The first-order valence-corrected chi connectivity index (χ1v) is 5.60. The summed E-state index contributed by atoms with van der Waals surface area (Å²) in [6.45, 7) is 3.76. The third kappa shape index (κ3) is 2.19. The average Bonchev–Trinajstić information content (AvgIpc) is 2.81. The molecule has 2 atom stereocenters. The van der Waals surface area contributed by atoms with Crippen molar-refractivity contribution in [3.05, 3.63) is 29.6 Å². The first-order valence-electron chi connectivity index (χ1n) is 5.60. The number of aryl methyl sites for hydroxylation is 1. The Morgan fingerprint density at radius 3 is 3.20 bits per heavy atom. The van der Waals surface area contributed by atoms with Crippen molar-refractivity contribution in [2.75, 3.05) is 13.2 Å². The smallest absolute Gasteiger partial charge is 0.0606 e. The van der Waals surface area contributed by atoms with Crippen molar-refractivity contribution in [1.82, 2.24) is 4.98 Å². The molecule has 1 fully saturated rings. The Morgan fingerprint density at radius 2 is 2.53 bits per heavy atom. The molecule has 0 bridgehead atoms. The lowest BCUT2D eigenvalue weighted by Crippen LogP contribution is -2.24. The molecule has 2 heterocycles. The van der Waals surface area contributed by atoms with Crippen LogP contribution in [0.5, 0.6) is 0 Å². The summed E-state index contributed by atoms with van der Waals surface area (Å²) in [5.41, 5.74) is 8.55. The molecule has 2 rings (SSSR count). The minimum absolute atomic E-state index is 0.0312. The van der Waals surface area contributed by atoms with Crippen molar-refractivity contribution >= 4 is 0 Å². The number of nitrogens with two attached hydrogens (primary N) is 1. The monoisotopic (exact) mass is 206 g/mol. The Balaban J connectivity index is 2.19. The molecule has 2 N–H and O–H groups in total. The van der Waals surface area contributed by atoms with Crippen LogP contribution >= 0.6 is 0 Å². The topological polar surface area (TPSA) is 48.1 Å². The van der Waals surface area contributed by atoms with Crippen LogP contribution < -0.4 is 5.73 Å². The fourth-order valence-electron chi connectivity index (χ4n) is 2.11. The van der Waals surface area contributed by atoms with E-state index in [-0.39, 0.29) is 6.04 Å². The first kappa shape index (κ1) is 10.6. The zero-order valence-corrected chi connectivity index (χ0v) is 9.15. The van der Waals surface area contributed by atoms with E-state index in [9.17, 15) is 0 Å². The molecule has 0 aromatic carbocycles. The summed E-state index contributed by atoms with van der Waals surface area (Å²) >= 11 is 0. The van der Waals surface area contributed by atoms with Gasteiger partial charge in [0.05, 0.1) is 18.3 Å². The van der Waals surface area contributed by atoms with Crippen molar-refractivity contribution in [1.29, 1.82) is 0 Å². The Labute approximate surface area is 90.7 Å². The van der Waals surface area contributed by atoms with Crippen molar-refractivity contribution in [2.24, 2.45) is 11.7 Å². The minimum Gasteiger partial charge on any atom is -0.381 e. The quantitative estimate of drug-likeness (QED) is 0.818. The Bertz CT molecular complexity index is 321. The SMILES string of the molecule is CCc1cccnc1C(N)C1CCOC1. The second-order valence-corrected chi connectivity index (χ2v) is 4.05. The van der Waals surface area contributed by atoms with Crippen molar-refractivity contribution in [3.63, 3.8) is 0 Å². The van der Waals surface area contributed by atoms with E-state index >= 15 is 0 Å². The molecule has 3 heteroatoms. The normalized spacial score (nSPS) is 22.9. The van der Waals surface area contributed by atoms with Crippen LogP contribution in [0.4, 0.5) is 0 Å². The summed E-state index contributed by atoms with van der Waals surface area (Å²) in [5, 5.41) is 0. The van der Waals surface area contributed by atoms with Crippen molar-refractivity contribution in [3.8, 4) is 0 Å². The number of ether oxygens (including phenoxy) is 1. The summed E-state index contributed by atoms with van der Waals surface area (Å²) in [6, 6.07) is 4.11. The van der Waals surface area contributed by atoms with E-state index in [2.05, 4.69) is 18.0 Å². The lowest BCUT2D eigenvalue weighted by atomic mass is 9.93. The zero-order valence-electron chi connectivity index (χ0n) is 9.15. The van der Waals surface area contributed by atoms with Gasteiger partial charge in [-0.3, -0.25) is 4.98 Å². The summed E-state index contributed by atoms with van der Waals surface area (Å²) in [6.07, 6.45) is 3.87. The molecule has 1 aromatic rings. The van der Waals surface area contributed by atoms with Gasteiger partial charge in [0.1, 0.15) is 0 Å². The molecule has 1 aromatic heterocycles. The van der Waals surface area contributed by atoms with Crippen LogP contribution in [0.15, 0.2) is 18.3 Å². The van der Waals surface area contributed by atoms with Gasteiger partial charge >= 0.3 is 0 Å². The maximum absolute atomic E-state index is 6.23. The molecule has 3 nitrogen and oxygen atoms in total. The van der Waals surface area contributed by atoms with E-state index in [0.717, 1.165) is 31.7 Å². The molecule has 0 spiro atoms. The number of hydrogen-bond acceptors (Lipinski definition) is 3. The highest BCUT2D eigenvalue weighted by Gasteiger charge is 2.26. The second-order valence-electron chi connectivity index (χ2n) is 4.05. The van der Waals surface area contributed by atoms with Crippen LogP contribution in [0.1, 0.15) is 30.6 Å². The third-order valence-electron chi connectivity index (χ3n) is 3.10. The van der Waals surface area contributed by atoms with Gasteiger partial charge in [0, 0.05) is 18.7 Å². The lowest BCUT2D eigenvalue weighted by Gasteiger charge is -2.19. The largest absolute Gasteiger partial charge is 0.381 e. The number of rotatable bonds is 3. The molecule has 82 valence electrons. The van der Waals surface area contributed by atoms with Gasteiger partial charge in [-0.2, -0.15) is 0 Å². The summed E-state index contributed by atoms with van der Waals surface area (Å²) in [4.78, 5) is 4.41. The predicted molar refractivity (Wildman–Crippen MR) is 59.5 cm³/mol. The molecule has 1 aliphatic heterocycles. The number of aromatic nitrogens is 1. The summed E-state index contributed by atoms with van der Waals surface area (Å²) in [5.74, 6) is 0.435. The van der Waals surface area contributed by atoms with Gasteiger partial charge in [0.15, 0.2) is 0 Å². The second kappa shape index (κ2) is 4.73. The van der Waals surface area contributed by atoms with Gasteiger partial charge in [-0.25, -0.2) is 0 Å². The van der Waals surface area contributed by atoms with E-state index < -0.39 is 0 Å². The molecular formula is C12H18N2O. The Morgan fingerprint density at radius 1 is 1.67 bits per heavy atom. The molecule has 0 saturated carbocycles. The maximum atomic E-state index is 6.23. The predicted octanol–water partition coefficient (Wildman–Crippen LogP) is 1.68. The number of nitrogens with zero attached hydrogens (tertiary/aromatic N) is 1. The van der Waals surface area contributed by atoms with E-state index in [1.165, 1.54) is 5.56 Å². The van der Waals surface area contributed by atoms with Crippen LogP contribution in [0.2, 0.25) is 0 Å². The van der Waals surface area contributed by atoms with E-state index in [4.69, 9.17) is 10.5 Å². The molecule has 0 amide bonds. The highest BCUT2D eigenvalue weighted by atomic mass is 16.5.